The van der Waals surface area contributed by atoms with Gasteiger partial charge < -0.3 is 9.84 Å². The number of nitrogens with zero attached hydrogens (tertiary/aromatic N) is 1. The molecule has 0 saturated heterocycles. The number of esters is 1. The lowest BCUT2D eigenvalue weighted by atomic mass is 9.73. The standard InChI is InChI=1S/C22H31NO3/c1-3-23(4-2)17-11-12-18-26-21(24)22(25,19-13-7-5-8-14-19)20-15-9-6-10-16-20/h5,7-8,13-14,20,25H,3-4,6,9-10,15-18H2,1-2H3/t22-/m1/s1/i1D3,2D3,3D2,4D2,17D2,18D2. The van der Waals surface area contributed by atoms with Crippen LogP contribution in [0.4, 0.5) is 0 Å². The number of carbonyl (C=O) groups excluding carboxylic acids is 1. The summed E-state index contributed by atoms with van der Waals surface area (Å²) in [6.45, 7) is -22.5. The molecule has 1 atom stereocenters. The fourth-order valence-corrected chi connectivity index (χ4v) is 3.08. The van der Waals surface area contributed by atoms with Crippen LogP contribution in [0.5, 0.6) is 0 Å². The van der Waals surface area contributed by atoms with Gasteiger partial charge in [0.05, 0.1) is 12.0 Å². The van der Waals surface area contributed by atoms with E-state index in [1.807, 2.05) is 0 Å². The lowest BCUT2D eigenvalue weighted by Crippen LogP contribution is -2.45. The number of hydrogen-bond donors (Lipinski definition) is 1. The Morgan fingerprint density at radius 2 is 1.96 bits per heavy atom. The molecular formula is C22H31NO3. The Morgan fingerprint density at radius 1 is 1.27 bits per heavy atom. The zero-order chi connectivity index (χ0) is 31.0. The van der Waals surface area contributed by atoms with Crippen LogP contribution in [0, 0.1) is 17.8 Å². The number of carbonyl (C=O) groups is 1. The number of hydrogen-bond acceptors (Lipinski definition) is 4. The summed E-state index contributed by atoms with van der Waals surface area (Å²) < 4.78 is 113. The Morgan fingerprint density at radius 3 is 2.62 bits per heavy atom. The lowest BCUT2D eigenvalue weighted by Gasteiger charge is -2.36. The van der Waals surface area contributed by atoms with Crippen LogP contribution in [0.2, 0.25) is 0 Å². The van der Waals surface area contributed by atoms with Gasteiger partial charge in [-0.2, -0.15) is 0 Å². The highest BCUT2D eigenvalue weighted by Crippen LogP contribution is 2.40. The molecule has 1 N–H and O–H groups in total. The van der Waals surface area contributed by atoms with Crippen LogP contribution in [0.25, 0.3) is 0 Å². The second-order valence-electron chi connectivity index (χ2n) is 5.88. The Balaban J connectivity index is 2.52. The zero-order valence-corrected chi connectivity index (χ0v) is 14.2. The topological polar surface area (TPSA) is 49.8 Å². The minimum absolute atomic E-state index is 0.133. The highest BCUT2D eigenvalue weighted by molar-refractivity contribution is 5.81. The third-order valence-corrected chi connectivity index (χ3v) is 4.37. The van der Waals surface area contributed by atoms with Crippen molar-refractivity contribution in [1.29, 1.82) is 0 Å². The van der Waals surface area contributed by atoms with Crippen molar-refractivity contribution in [3.8, 4) is 11.8 Å². The summed E-state index contributed by atoms with van der Waals surface area (Å²) in [6, 6.07) is 7.69. The summed E-state index contributed by atoms with van der Waals surface area (Å²) in [5.74, 6) is 1.05. The van der Waals surface area contributed by atoms with Crippen LogP contribution < -0.4 is 0 Å². The molecule has 1 aliphatic carbocycles. The third-order valence-electron chi connectivity index (χ3n) is 4.37. The second kappa shape index (κ2) is 10.4. The Hall–Kier alpha value is -1.83. The Bertz CT molecular complexity index is 1080. The van der Waals surface area contributed by atoms with Crippen LogP contribution in [-0.2, 0) is 15.1 Å². The summed E-state index contributed by atoms with van der Waals surface area (Å²) in [7, 11) is 0. The van der Waals surface area contributed by atoms with Crippen LogP contribution >= 0.6 is 0 Å². The first-order valence-electron chi connectivity index (χ1n) is 15.3. The predicted molar refractivity (Wildman–Crippen MR) is 103 cm³/mol. The van der Waals surface area contributed by atoms with Crippen molar-refractivity contribution < 1.29 is 33.8 Å². The molecule has 2 rings (SSSR count). The minimum Gasteiger partial charge on any atom is -0.450 e. The van der Waals surface area contributed by atoms with Gasteiger partial charge in [0.15, 0.2) is 12.2 Å². The highest BCUT2D eigenvalue weighted by Gasteiger charge is 2.46. The van der Waals surface area contributed by atoms with Gasteiger partial charge in [-0.25, -0.2) is 4.79 Å². The van der Waals surface area contributed by atoms with E-state index in [2.05, 4.69) is 0 Å². The molecule has 1 saturated carbocycles. The van der Waals surface area contributed by atoms with E-state index in [0.717, 1.165) is 6.42 Å². The highest BCUT2D eigenvalue weighted by atomic mass is 16.5. The summed E-state index contributed by atoms with van der Waals surface area (Å²) in [5, 5.41) is 11.6. The van der Waals surface area contributed by atoms with Gasteiger partial charge in [-0.15, -0.1) is 0 Å². The van der Waals surface area contributed by atoms with E-state index in [4.69, 9.17) is 23.9 Å². The predicted octanol–water partition coefficient (Wildman–Crippen LogP) is 3.34. The van der Waals surface area contributed by atoms with Crippen molar-refractivity contribution in [2.24, 2.45) is 5.92 Å². The second-order valence-corrected chi connectivity index (χ2v) is 5.88. The summed E-state index contributed by atoms with van der Waals surface area (Å²) in [5.41, 5.74) is -2.16. The van der Waals surface area contributed by atoms with Crippen molar-refractivity contribution in [2.45, 2.75) is 51.4 Å². The monoisotopic (exact) mass is 371 g/mol. The lowest BCUT2D eigenvalue weighted by molar-refractivity contribution is -0.174. The molecular weight excluding hydrogens is 326 g/mol. The first-order valence-corrected chi connectivity index (χ1v) is 8.27. The van der Waals surface area contributed by atoms with Crippen LogP contribution in [-0.4, -0.2) is 42.0 Å². The molecule has 0 aliphatic heterocycles. The van der Waals surface area contributed by atoms with Crippen LogP contribution in [0.15, 0.2) is 30.3 Å². The molecule has 0 heterocycles. The molecule has 4 heteroatoms. The first kappa shape index (κ1) is 8.46. The van der Waals surface area contributed by atoms with E-state index in [1.165, 1.54) is 18.1 Å². The van der Waals surface area contributed by atoms with E-state index >= 15 is 0 Å². The molecule has 26 heavy (non-hydrogen) atoms. The fourth-order valence-electron chi connectivity index (χ4n) is 3.08. The molecule has 1 aliphatic rings. The number of ether oxygens (including phenoxy) is 1. The average molecular weight is 372 g/mol. The summed E-state index contributed by atoms with van der Waals surface area (Å²) >= 11 is 0. The van der Waals surface area contributed by atoms with E-state index < -0.39 is 62.1 Å². The van der Waals surface area contributed by atoms with Gasteiger partial charge in [0, 0.05) is 19.6 Å². The largest absolute Gasteiger partial charge is 0.450 e. The number of benzene rings is 1. The zero-order valence-electron chi connectivity index (χ0n) is 28.2. The van der Waals surface area contributed by atoms with Gasteiger partial charge in [0.25, 0.3) is 0 Å². The average Bonchev–Trinajstić information content (AvgIpc) is 2.81. The van der Waals surface area contributed by atoms with Gasteiger partial charge in [-0.3, -0.25) is 4.90 Å². The smallest absolute Gasteiger partial charge is 0.344 e. The van der Waals surface area contributed by atoms with Gasteiger partial charge in [-0.1, -0.05) is 75.1 Å². The van der Waals surface area contributed by atoms with Crippen molar-refractivity contribution in [3.63, 3.8) is 0 Å². The molecule has 0 spiro atoms. The van der Waals surface area contributed by atoms with Crippen molar-refractivity contribution >= 4 is 5.97 Å². The molecule has 0 unspecified atom stereocenters. The maximum Gasteiger partial charge on any atom is 0.344 e. The van der Waals surface area contributed by atoms with E-state index in [-0.39, 0.29) is 5.56 Å². The van der Waals surface area contributed by atoms with Crippen LogP contribution in [0.3, 0.4) is 0 Å². The molecule has 1 aromatic carbocycles. The van der Waals surface area contributed by atoms with Gasteiger partial charge in [0.1, 0.15) is 0 Å². The molecule has 0 aromatic heterocycles. The van der Waals surface area contributed by atoms with Gasteiger partial charge in [0.2, 0.25) is 0 Å². The number of aliphatic hydroxyl groups is 1. The molecule has 142 valence electrons. The number of rotatable bonds is 7. The normalized spacial score (nSPS) is 28.4. The van der Waals surface area contributed by atoms with Gasteiger partial charge >= 0.3 is 5.97 Å². The summed E-state index contributed by atoms with van der Waals surface area (Å²) in [6.07, 6.45) is 3.14. The van der Waals surface area contributed by atoms with Gasteiger partial charge in [-0.05, 0) is 31.4 Å². The van der Waals surface area contributed by atoms with Crippen molar-refractivity contribution in [1.82, 2.24) is 4.90 Å². The Labute approximate surface area is 177 Å². The quantitative estimate of drug-likeness (QED) is 0.590. The SMILES string of the molecule is [2H]C([2H])(C#CC([2H])([2H])N(C([2H])([2H])C([2H])([2H])[2H])C([2H])([2H])C([2H])([2H])[2H])OC(=O)[C@@](O)(c1ccccc1)C1CCCCC1. The maximum absolute atomic E-state index is 13.3. The molecule has 0 amide bonds. The minimum atomic E-state index is -3.94. The van der Waals surface area contributed by atoms with Crippen molar-refractivity contribution in [2.75, 3.05) is 26.0 Å². The Kier molecular flexibility index (Phi) is 3.37. The molecule has 4 nitrogen and oxygen atoms in total. The van der Waals surface area contributed by atoms with Crippen LogP contribution in [0.1, 0.15) is 70.6 Å². The van der Waals surface area contributed by atoms with E-state index in [0.29, 0.717) is 25.7 Å². The fraction of sp³-hybridized carbons (Fsp3) is 0.591. The molecule has 0 radical (unpaired) electrons. The third kappa shape index (κ3) is 5.09. The van der Waals surface area contributed by atoms with Crippen molar-refractivity contribution in [3.05, 3.63) is 35.9 Å². The molecule has 1 fully saturated rings. The van der Waals surface area contributed by atoms with E-state index in [1.54, 1.807) is 24.1 Å². The molecule has 1 aromatic rings. The molecule has 0 bridgehead atoms. The van der Waals surface area contributed by atoms with E-state index in [9.17, 15) is 9.90 Å². The summed E-state index contributed by atoms with van der Waals surface area (Å²) in [4.78, 5) is 12.5. The maximum atomic E-state index is 13.3. The first-order chi connectivity index (χ1) is 17.9.